The molecule has 28 heavy (non-hydrogen) atoms. The maximum Gasteiger partial charge on any atom is 0.136 e. The number of hydrogen-bond acceptors (Lipinski definition) is 1. The standard InChI is InChI=1S/C27H18O/c1-16(2)17-7-3-8-18(15-17)19-9-4-10-20-21-11-5-13-23-26(21)27-22(25(19)20)12-6-14-24(27)28-23/h3-15H,1H2,2H3. The van der Waals surface area contributed by atoms with Crippen LogP contribution in [-0.2, 0) is 0 Å². The highest BCUT2D eigenvalue weighted by Crippen LogP contribution is 2.45. The Morgan fingerprint density at radius 2 is 1.29 bits per heavy atom. The fraction of sp³-hybridized carbons (Fsp3) is 0.0370. The molecule has 1 aromatic heterocycles. The Morgan fingerprint density at radius 1 is 0.679 bits per heavy atom. The molecule has 0 fully saturated rings. The Labute approximate surface area is 162 Å². The van der Waals surface area contributed by atoms with E-state index >= 15 is 0 Å². The molecule has 0 saturated carbocycles. The fourth-order valence-electron chi connectivity index (χ4n) is 4.56. The maximum atomic E-state index is 6.17. The van der Waals surface area contributed by atoms with Gasteiger partial charge in [-0.15, -0.1) is 0 Å². The SMILES string of the molecule is C=C(C)c1cccc(-c2cccc3c4cccc5oc6cccc(c23)c6c54)c1. The second-order valence-corrected chi connectivity index (χ2v) is 7.55. The molecule has 0 amide bonds. The van der Waals surface area contributed by atoms with Crippen LogP contribution in [0.3, 0.4) is 0 Å². The third kappa shape index (κ3) is 1.96. The lowest BCUT2D eigenvalue weighted by molar-refractivity contribution is 0.669. The third-order valence-corrected chi connectivity index (χ3v) is 5.81. The van der Waals surface area contributed by atoms with Gasteiger partial charge in [0.25, 0.3) is 0 Å². The Balaban J connectivity index is 1.86. The smallest absolute Gasteiger partial charge is 0.136 e. The van der Waals surface area contributed by atoms with E-state index in [1.807, 2.05) is 0 Å². The van der Waals surface area contributed by atoms with Gasteiger partial charge in [-0.3, -0.25) is 0 Å². The largest absolute Gasteiger partial charge is 0.456 e. The molecular formula is C27H18O. The minimum absolute atomic E-state index is 0.955. The molecule has 132 valence electrons. The molecule has 6 rings (SSSR count). The van der Waals surface area contributed by atoms with Gasteiger partial charge in [0.05, 0.1) is 0 Å². The monoisotopic (exact) mass is 358 g/mol. The van der Waals surface area contributed by atoms with E-state index in [4.69, 9.17) is 4.42 Å². The zero-order valence-corrected chi connectivity index (χ0v) is 15.6. The number of allylic oxidation sites excluding steroid dienone is 1. The van der Waals surface area contributed by atoms with Crippen molar-refractivity contribution in [3.05, 3.63) is 91.0 Å². The molecule has 1 heteroatoms. The Kier molecular flexibility index (Phi) is 3.02. The van der Waals surface area contributed by atoms with E-state index in [0.717, 1.165) is 16.7 Å². The molecule has 1 nitrogen and oxygen atoms in total. The van der Waals surface area contributed by atoms with Gasteiger partial charge in [0.2, 0.25) is 0 Å². The summed E-state index contributed by atoms with van der Waals surface area (Å²) in [6, 6.07) is 28.0. The summed E-state index contributed by atoms with van der Waals surface area (Å²) < 4.78 is 6.17. The summed E-state index contributed by atoms with van der Waals surface area (Å²) >= 11 is 0. The average molecular weight is 358 g/mol. The zero-order chi connectivity index (χ0) is 18.8. The second kappa shape index (κ2) is 5.46. The van der Waals surface area contributed by atoms with Crippen LogP contribution in [0.25, 0.3) is 60.2 Å². The minimum Gasteiger partial charge on any atom is -0.456 e. The van der Waals surface area contributed by atoms with Gasteiger partial charge in [0, 0.05) is 10.8 Å². The lowest BCUT2D eigenvalue weighted by Gasteiger charge is -2.13. The van der Waals surface area contributed by atoms with Crippen LogP contribution < -0.4 is 0 Å². The summed E-state index contributed by atoms with van der Waals surface area (Å²) in [5.74, 6) is 0. The van der Waals surface area contributed by atoms with Gasteiger partial charge < -0.3 is 4.42 Å². The molecule has 5 aromatic carbocycles. The van der Waals surface area contributed by atoms with E-state index in [9.17, 15) is 0 Å². The van der Waals surface area contributed by atoms with Crippen LogP contribution in [0.4, 0.5) is 0 Å². The topological polar surface area (TPSA) is 13.1 Å². The summed E-state index contributed by atoms with van der Waals surface area (Å²) in [5.41, 5.74) is 6.63. The van der Waals surface area contributed by atoms with Crippen molar-refractivity contribution >= 4 is 49.1 Å². The van der Waals surface area contributed by atoms with Crippen molar-refractivity contribution in [1.29, 1.82) is 0 Å². The van der Waals surface area contributed by atoms with Crippen LogP contribution in [0, 0.1) is 0 Å². The van der Waals surface area contributed by atoms with Crippen molar-refractivity contribution in [2.24, 2.45) is 0 Å². The van der Waals surface area contributed by atoms with Gasteiger partial charge in [0.15, 0.2) is 0 Å². The molecular weight excluding hydrogens is 340 g/mol. The maximum absolute atomic E-state index is 6.17. The molecule has 0 radical (unpaired) electrons. The van der Waals surface area contributed by atoms with Crippen molar-refractivity contribution in [3.63, 3.8) is 0 Å². The predicted molar refractivity (Wildman–Crippen MR) is 120 cm³/mol. The van der Waals surface area contributed by atoms with Gasteiger partial charge in [-0.1, -0.05) is 72.8 Å². The van der Waals surface area contributed by atoms with Gasteiger partial charge in [-0.2, -0.15) is 0 Å². The highest BCUT2D eigenvalue weighted by molar-refractivity contribution is 6.34. The fourth-order valence-corrected chi connectivity index (χ4v) is 4.56. The molecule has 0 spiro atoms. The lowest BCUT2D eigenvalue weighted by atomic mass is 9.89. The first-order valence-corrected chi connectivity index (χ1v) is 9.57. The molecule has 0 saturated heterocycles. The van der Waals surface area contributed by atoms with Crippen LogP contribution >= 0.6 is 0 Å². The lowest BCUT2D eigenvalue weighted by Crippen LogP contribution is -1.87. The molecule has 0 aliphatic heterocycles. The first-order valence-electron chi connectivity index (χ1n) is 9.57. The quantitative estimate of drug-likeness (QED) is 0.286. The highest BCUT2D eigenvalue weighted by atomic mass is 16.3. The molecule has 0 atom stereocenters. The van der Waals surface area contributed by atoms with Gasteiger partial charge in [-0.25, -0.2) is 0 Å². The van der Waals surface area contributed by atoms with Gasteiger partial charge >= 0.3 is 0 Å². The van der Waals surface area contributed by atoms with Crippen molar-refractivity contribution in [3.8, 4) is 11.1 Å². The zero-order valence-electron chi connectivity index (χ0n) is 15.6. The van der Waals surface area contributed by atoms with E-state index in [-0.39, 0.29) is 0 Å². The number of fused-ring (bicyclic) bond motifs is 3. The highest BCUT2D eigenvalue weighted by Gasteiger charge is 2.18. The average Bonchev–Trinajstić information content (AvgIpc) is 3.12. The van der Waals surface area contributed by atoms with Crippen LogP contribution in [-0.4, -0.2) is 0 Å². The molecule has 1 heterocycles. The summed E-state index contributed by atoms with van der Waals surface area (Å²) in [6.45, 7) is 6.17. The van der Waals surface area contributed by atoms with Crippen LogP contribution in [0.2, 0.25) is 0 Å². The number of hydrogen-bond donors (Lipinski definition) is 0. The van der Waals surface area contributed by atoms with Gasteiger partial charge in [0.1, 0.15) is 11.2 Å². The first-order chi connectivity index (χ1) is 13.7. The van der Waals surface area contributed by atoms with Crippen molar-refractivity contribution < 1.29 is 4.42 Å². The third-order valence-electron chi connectivity index (χ3n) is 5.81. The van der Waals surface area contributed by atoms with E-state index in [2.05, 4.69) is 92.4 Å². The Bertz CT molecular complexity index is 1530. The molecule has 0 N–H and O–H groups in total. The first kappa shape index (κ1) is 15.5. The summed E-state index contributed by atoms with van der Waals surface area (Å²) in [4.78, 5) is 0. The summed E-state index contributed by atoms with van der Waals surface area (Å²) in [5, 5.41) is 7.51. The van der Waals surface area contributed by atoms with Crippen molar-refractivity contribution in [2.45, 2.75) is 6.92 Å². The van der Waals surface area contributed by atoms with Crippen LogP contribution in [0.1, 0.15) is 12.5 Å². The number of rotatable bonds is 2. The molecule has 6 aromatic rings. The van der Waals surface area contributed by atoms with E-state index in [1.54, 1.807) is 0 Å². The van der Waals surface area contributed by atoms with E-state index < -0.39 is 0 Å². The van der Waals surface area contributed by atoms with E-state index in [1.165, 1.54) is 49.0 Å². The van der Waals surface area contributed by atoms with E-state index in [0.29, 0.717) is 0 Å². The van der Waals surface area contributed by atoms with Crippen molar-refractivity contribution in [2.75, 3.05) is 0 Å². The second-order valence-electron chi connectivity index (χ2n) is 7.55. The summed E-state index contributed by atoms with van der Waals surface area (Å²) in [7, 11) is 0. The molecule has 0 unspecified atom stereocenters. The Hall–Kier alpha value is -3.58. The normalized spacial score (nSPS) is 11.9. The summed E-state index contributed by atoms with van der Waals surface area (Å²) in [6.07, 6.45) is 0. The molecule has 0 aliphatic carbocycles. The minimum atomic E-state index is 0.955. The predicted octanol–water partition coefficient (Wildman–Crippen LogP) is 8.03. The molecule has 0 bridgehead atoms. The van der Waals surface area contributed by atoms with Gasteiger partial charge in [-0.05, 0) is 63.4 Å². The van der Waals surface area contributed by atoms with Crippen LogP contribution in [0.5, 0.6) is 0 Å². The number of benzene rings is 5. The Morgan fingerprint density at radius 3 is 2.04 bits per heavy atom. The molecule has 0 aliphatic rings. The number of furan rings is 1. The van der Waals surface area contributed by atoms with Crippen molar-refractivity contribution in [1.82, 2.24) is 0 Å². The van der Waals surface area contributed by atoms with Crippen LogP contribution in [0.15, 0.2) is 89.9 Å².